The number of aromatic nitrogens is 1. The lowest BCUT2D eigenvalue weighted by Gasteiger charge is -2.14. The van der Waals surface area contributed by atoms with Crippen LogP contribution in [0.3, 0.4) is 0 Å². The van der Waals surface area contributed by atoms with Crippen molar-refractivity contribution in [3.8, 4) is 5.75 Å². The predicted octanol–water partition coefficient (Wildman–Crippen LogP) is 6.51. The number of ether oxygens (including phenoxy) is 1. The molecule has 0 aliphatic rings. The van der Waals surface area contributed by atoms with Crippen molar-refractivity contribution in [3.63, 3.8) is 0 Å². The van der Waals surface area contributed by atoms with Crippen LogP contribution in [0.2, 0.25) is 5.02 Å². The van der Waals surface area contributed by atoms with Gasteiger partial charge in [0, 0.05) is 22.3 Å². The number of aryl methyl sites for hydroxylation is 2. The minimum atomic E-state index is -0.252. The third kappa shape index (κ3) is 4.32. The summed E-state index contributed by atoms with van der Waals surface area (Å²) < 4.78 is 5.38. The lowest BCUT2D eigenvalue weighted by atomic mass is 10.1. The van der Waals surface area contributed by atoms with Crippen LogP contribution in [0.5, 0.6) is 5.75 Å². The first-order valence-corrected chi connectivity index (χ1v) is 10.2. The first kappa shape index (κ1) is 20.7. The van der Waals surface area contributed by atoms with Gasteiger partial charge in [-0.3, -0.25) is 4.79 Å². The number of halogens is 1. The number of benzene rings is 3. The molecule has 1 amide bonds. The minimum Gasteiger partial charge on any atom is -0.495 e. The van der Waals surface area contributed by atoms with Crippen LogP contribution in [0.1, 0.15) is 21.5 Å². The molecule has 0 saturated heterocycles. The molecule has 4 aromatic rings. The molecular formula is C25H22ClN3O2. The number of carbonyl (C=O) groups excluding carboxylic acids is 1. The Morgan fingerprint density at radius 2 is 1.77 bits per heavy atom. The summed E-state index contributed by atoms with van der Waals surface area (Å²) in [6, 6.07) is 19.1. The number of methoxy groups -OCH3 is 1. The number of nitrogens with one attached hydrogen (secondary N) is 2. The van der Waals surface area contributed by atoms with Crippen LogP contribution in [0.15, 0.2) is 66.9 Å². The molecule has 5 nitrogen and oxygen atoms in total. The molecule has 0 fully saturated rings. The molecule has 0 aliphatic carbocycles. The molecule has 0 unspecified atom stereocenters. The van der Waals surface area contributed by atoms with Gasteiger partial charge < -0.3 is 15.4 Å². The SMILES string of the molecule is COc1ccc(C)cc1NC(=O)c1cnc(Nc2ccc(C)c(Cl)c2)c2ccccc12. The van der Waals surface area contributed by atoms with Gasteiger partial charge in [-0.25, -0.2) is 4.98 Å². The Morgan fingerprint density at radius 3 is 2.52 bits per heavy atom. The maximum absolute atomic E-state index is 13.1. The van der Waals surface area contributed by atoms with Gasteiger partial charge in [0.15, 0.2) is 0 Å². The second-order valence-corrected chi connectivity index (χ2v) is 7.72. The van der Waals surface area contributed by atoms with Crippen LogP contribution in [0.25, 0.3) is 10.8 Å². The predicted molar refractivity (Wildman–Crippen MR) is 127 cm³/mol. The topological polar surface area (TPSA) is 63.2 Å². The van der Waals surface area contributed by atoms with E-state index in [2.05, 4.69) is 15.6 Å². The molecule has 0 saturated carbocycles. The first-order chi connectivity index (χ1) is 15.0. The Morgan fingerprint density at radius 1 is 1.00 bits per heavy atom. The van der Waals surface area contributed by atoms with E-state index in [0.717, 1.165) is 27.6 Å². The van der Waals surface area contributed by atoms with Gasteiger partial charge in [0.05, 0.1) is 18.4 Å². The number of nitrogens with zero attached hydrogens (tertiary/aromatic N) is 1. The maximum atomic E-state index is 13.1. The smallest absolute Gasteiger partial charge is 0.257 e. The van der Waals surface area contributed by atoms with Crippen molar-refractivity contribution >= 4 is 45.5 Å². The van der Waals surface area contributed by atoms with E-state index in [-0.39, 0.29) is 5.91 Å². The standard InChI is InChI=1S/C25H22ClN3O2/c1-15-8-11-23(31-3)22(12-15)29-25(30)20-14-27-24(19-7-5-4-6-18(19)20)28-17-10-9-16(2)21(26)13-17/h4-14H,1-3H3,(H,27,28)(H,29,30). The van der Waals surface area contributed by atoms with Crippen molar-refractivity contribution in [3.05, 3.63) is 88.6 Å². The molecule has 1 heterocycles. The third-order valence-electron chi connectivity index (χ3n) is 5.08. The molecule has 2 N–H and O–H groups in total. The summed E-state index contributed by atoms with van der Waals surface area (Å²) in [5.74, 6) is 1.00. The molecule has 0 radical (unpaired) electrons. The van der Waals surface area contributed by atoms with Crippen molar-refractivity contribution in [2.24, 2.45) is 0 Å². The van der Waals surface area contributed by atoms with Gasteiger partial charge in [0.25, 0.3) is 5.91 Å². The van der Waals surface area contributed by atoms with Gasteiger partial charge >= 0.3 is 0 Å². The molecule has 6 heteroatoms. The molecule has 0 aliphatic heterocycles. The van der Waals surface area contributed by atoms with Crippen molar-refractivity contribution in [1.29, 1.82) is 0 Å². The summed E-state index contributed by atoms with van der Waals surface area (Å²) in [5.41, 5.74) is 3.95. The fourth-order valence-corrected chi connectivity index (χ4v) is 3.57. The Bertz CT molecular complexity index is 1290. The van der Waals surface area contributed by atoms with E-state index in [0.29, 0.717) is 27.8 Å². The monoisotopic (exact) mass is 431 g/mol. The van der Waals surface area contributed by atoms with Gasteiger partial charge in [0.1, 0.15) is 11.6 Å². The zero-order chi connectivity index (χ0) is 22.0. The Hall–Kier alpha value is -3.57. The van der Waals surface area contributed by atoms with Crippen molar-refractivity contribution in [1.82, 2.24) is 4.98 Å². The molecule has 0 bridgehead atoms. The van der Waals surface area contributed by atoms with Crippen LogP contribution >= 0.6 is 11.6 Å². The summed E-state index contributed by atoms with van der Waals surface area (Å²) in [5, 5.41) is 8.57. The van der Waals surface area contributed by atoms with Crippen LogP contribution in [0.4, 0.5) is 17.2 Å². The highest BCUT2D eigenvalue weighted by atomic mass is 35.5. The van der Waals surface area contributed by atoms with Gasteiger partial charge in [-0.2, -0.15) is 0 Å². The summed E-state index contributed by atoms with van der Waals surface area (Å²) in [6.45, 7) is 3.92. The highest BCUT2D eigenvalue weighted by Crippen LogP contribution is 2.30. The summed E-state index contributed by atoms with van der Waals surface area (Å²) in [7, 11) is 1.58. The molecule has 3 aromatic carbocycles. The average molecular weight is 432 g/mol. The third-order valence-corrected chi connectivity index (χ3v) is 5.48. The number of anilines is 3. The summed E-state index contributed by atoms with van der Waals surface area (Å²) >= 11 is 6.25. The fourth-order valence-electron chi connectivity index (χ4n) is 3.39. The molecule has 0 atom stereocenters. The van der Waals surface area contributed by atoms with E-state index < -0.39 is 0 Å². The van der Waals surface area contributed by atoms with Crippen LogP contribution in [-0.4, -0.2) is 18.0 Å². The zero-order valence-electron chi connectivity index (χ0n) is 17.5. The number of pyridine rings is 1. The number of rotatable bonds is 5. The number of fused-ring (bicyclic) bond motifs is 1. The average Bonchev–Trinajstić information content (AvgIpc) is 2.76. The van der Waals surface area contributed by atoms with E-state index in [1.807, 2.05) is 74.5 Å². The van der Waals surface area contributed by atoms with Gasteiger partial charge in [-0.15, -0.1) is 0 Å². The van der Waals surface area contributed by atoms with Crippen molar-refractivity contribution in [2.75, 3.05) is 17.7 Å². The lowest BCUT2D eigenvalue weighted by Crippen LogP contribution is -2.14. The lowest BCUT2D eigenvalue weighted by molar-refractivity contribution is 0.102. The van der Waals surface area contributed by atoms with Crippen molar-refractivity contribution < 1.29 is 9.53 Å². The number of carbonyl (C=O) groups is 1. The van der Waals surface area contributed by atoms with Crippen LogP contribution < -0.4 is 15.4 Å². The second-order valence-electron chi connectivity index (χ2n) is 7.31. The minimum absolute atomic E-state index is 0.252. The second kappa shape index (κ2) is 8.66. The highest BCUT2D eigenvalue weighted by molar-refractivity contribution is 6.31. The van der Waals surface area contributed by atoms with E-state index in [9.17, 15) is 4.79 Å². The zero-order valence-corrected chi connectivity index (χ0v) is 18.2. The van der Waals surface area contributed by atoms with Gasteiger partial charge in [-0.05, 0) is 54.6 Å². The van der Waals surface area contributed by atoms with E-state index in [4.69, 9.17) is 16.3 Å². The van der Waals surface area contributed by atoms with Crippen molar-refractivity contribution in [2.45, 2.75) is 13.8 Å². The molecule has 156 valence electrons. The molecule has 0 spiro atoms. The molecular weight excluding hydrogens is 410 g/mol. The number of hydrogen-bond acceptors (Lipinski definition) is 4. The van der Waals surface area contributed by atoms with Crippen LogP contribution in [-0.2, 0) is 0 Å². The Kier molecular flexibility index (Phi) is 5.78. The van der Waals surface area contributed by atoms with E-state index in [1.165, 1.54) is 0 Å². The maximum Gasteiger partial charge on any atom is 0.257 e. The quantitative estimate of drug-likeness (QED) is 0.378. The molecule has 1 aromatic heterocycles. The normalized spacial score (nSPS) is 10.7. The largest absolute Gasteiger partial charge is 0.495 e. The van der Waals surface area contributed by atoms with Gasteiger partial charge in [-0.1, -0.05) is 48.0 Å². The van der Waals surface area contributed by atoms with Gasteiger partial charge in [0.2, 0.25) is 0 Å². The summed E-state index contributed by atoms with van der Waals surface area (Å²) in [6.07, 6.45) is 1.58. The number of hydrogen-bond donors (Lipinski definition) is 2. The van der Waals surface area contributed by atoms with E-state index >= 15 is 0 Å². The number of amides is 1. The highest BCUT2D eigenvalue weighted by Gasteiger charge is 2.16. The Labute approximate surface area is 186 Å². The molecule has 31 heavy (non-hydrogen) atoms. The first-order valence-electron chi connectivity index (χ1n) is 9.83. The Balaban J connectivity index is 1.70. The van der Waals surface area contributed by atoms with E-state index in [1.54, 1.807) is 13.3 Å². The molecule has 4 rings (SSSR count). The van der Waals surface area contributed by atoms with Crippen LogP contribution in [0, 0.1) is 13.8 Å². The fraction of sp³-hybridized carbons (Fsp3) is 0.120. The summed E-state index contributed by atoms with van der Waals surface area (Å²) in [4.78, 5) is 17.6.